The Morgan fingerprint density at radius 3 is 1.71 bits per heavy atom. The van der Waals surface area contributed by atoms with Gasteiger partial charge in [-0.15, -0.1) is 0 Å². The van der Waals surface area contributed by atoms with Crippen molar-refractivity contribution in [1.82, 2.24) is 9.61 Å². The Morgan fingerprint density at radius 2 is 1.00 bits per heavy atom. The average Bonchev–Trinajstić information content (AvgIpc) is 3.55. The smallest absolute Gasteiger partial charge is 0.123 e. The van der Waals surface area contributed by atoms with E-state index in [0.29, 0.717) is 0 Å². The predicted octanol–water partition coefficient (Wildman–Crippen LogP) is 12.2. The second-order valence-electron chi connectivity index (χ2n) is 12.5. The first kappa shape index (κ1) is 26.9. The van der Waals surface area contributed by atoms with Crippen LogP contribution in [0.15, 0.2) is 164 Å². The van der Waals surface area contributed by atoms with E-state index in [1.807, 2.05) is 28.8 Å². The van der Waals surface area contributed by atoms with Crippen molar-refractivity contribution >= 4 is 59.4 Å². The van der Waals surface area contributed by atoms with Crippen molar-refractivity contribution in [3.05, 3.63) is 170 Å². The molecule has 8 aromatic carbocycles. The number of fused-ring (bicyclic) bond motifs is 9. The van der Waals surface area contributed by atoms with E-state index in [9.17, 15) is 0 Å². The topological polar surface area (TPSA) is 17.3 Å². The number of nitrogens with zero attached hydrogens (tertiary/aromatic N) is 2. The Morgan fingerprint density at radius 1 is 0.417 bits per heavy atom. The van der Waals surface area contributed by atoms with Gasteiger partial charge < -0.3 is 0 Å². The third kappa shape index (κ3) is 3.94. The molecule has 0 atom stereocenters. The largest absolute Gasteiger partial charge is 0.231 e. The SMILES string of the molecule is Fc1ccc2cc(-c3ccccc3)n3nc(-c4cccc5c4ccc4ccccc45)c(-c4cccc5c4ccc4ccccc45)c3c2c1. The lowest BCUT2D eigenvalue weighted by atomic mass is 9.90. The molecule has 0 radical (unpaired) electrons. The molecule has 0 amide bonds. The van der Waals surface area contributed by atoms with Crippen LogP contribution in [0.25, 0.3) is 93.0 Å². The summed E-state index contributed by atoms with van der Waals surface area (Å²) in [7, 11) is 0. The van der Waals surface area contributed by atoms with E-state index in [1.165, 1.54) is 32.3 Å². The summed E-state index contributed by atoms with van der Waals surface area (Å²) in [6.07, 6.45) is 0. The molecule has 0 unspecified atom stereocenters. The molecule has 3 heteroatoms. The first-order chi connectivity index (χ1) is 23.7. The molecule has 0 saturated heterocycles. The van der Waals surface area contributed by atoms with Crippen LogP contribution in [-0.2, 0) is 0 Å². The fraction of sp³-hybridized carbons (Fsp3) is 0. The standard InChI is InChI=1S/C45H27FN2/c46-32-23-20-31-26-42(30-12-2-1-3-13-30)48-45(41(31)27-32)43(39-18-8-16-35-33-14-6-4-10-28(33)21-24-37(35)39)44(47-48)40-19-9-17-36-34-15-7-5-11-29(34)22-25-38(36)40/h1-27H. The van der Waals surface area contributed by atoms with E-state index in [1.54, 1.807) is 12.1 Å². The van der Waals surface area contributed by atoms with Crippen molar-refractivity contribution in [3.8, 4) is 33.6 Å². The van der Waals surface area contributed by atoms with Crippen LogP contribution in [0.1, 0.15) is 0 Å². The second kappa shape index (κ2) is 10.3. The predicted molar refractivity (Wildman–Crippen MR) is 199 cm³/mol. The summed E-state index contributed by atoms with van der Waals surface area (Å²) in [5.41, 5.74) is 6.85. The summed E-state index contributed by atoms with van der Waals surface area (Å²) >= 11 is 0. The third-order valence-corrected chi connectivity index (χ3v) is 9.84. The van der Waals surface area contributed by atoms with E-state index < -0.39 is 0 Å². The lowest BCUT2D eigenvalue weighted by molar-refractivity contribution is 0.630. The maximum Gasteiger partial charge on any atom is 0.123 e. The van der Waals surface area contributed by atoms with Crippen molar-refractivity contribution < 1.29 is 4.39 Å². The van der Waals surface area contributed by atoms with Crippen LogP contribution in [0.5, 0.6) is 0 Å². The zero-order valence-electron chi connectivity index (χ0n) is 25.9. The molecule has 2 nitrogen and oxygen atoms in total. The number of benzene rings is 8. The molecule has 0 spiro atoms. The molecular weight excluding hydrogens is 588 g/mol. The van der Waals surface area contributed by atoms with Crippen LogP contribution in [-0.4, -0.2) is 9.61 Å². The van der Waals surface area contributed by atoms with Crippen LogP contribution in [0.3, 0.4) is 0 Å². The highest BCUT2D eigenvalue weighted by Gasteiger charge is 2.24. The van der Waals surface area contributed by atoms with Gasteiger partial charge in [-0.2, -0.15) is 5.10 Å². The van der Waals surface area contributed by atoms with Crippen LogP contribution in [0.2, 0.25) is 0 Å². The van der Waals surface area contributed by atoms with Gasteiger partial charge in [-0.1, -0.05) is 146 Å². The van der Waals surface area contributed by atoms with Crippen molar-refractivity contribution in [2.24, 2.45) is 0 Å². The molecule has 0 bridgehead atoms. The number of pyridine rings is 1. The summed E-state index contributed by atoms with van der Waals surface area (Å²) in [5.74, 6) is -0.272. The Kier molecular flexibility index (Phi) is 5.79. The molecule has 2 aromatic heterocycles. The normalized spacial score (nSPS) is 11.9. The van der Waals surface area contributed by atoms with Gasteiger partial charge in [0.1, 0.15) is 11.5 Å². The van der Waals surface area contributed by atoms with Gasteiger partial charge in [-0.3, -0.25) is 0 Å². The fourth-order valence-electron chi connectivity index (χ4n) is 7.67. The molecule has 48 heavy (non-hydrogen) atoms. The minimum absolute atomic E-state index is 0.272. The zero-order chi connectivity index (χ0) is 31.8. The second-order valence-corrected chi connectivity index (χ2v) is 12.5. The highest BCUT2D eigenvalue weighted by Crippen LogP contribution is 2.46. The van der Waals surface area contributed by atoms with E-state index >= 15 is 4.39 Å². The van der Waals surface area contributed by atoms with Gasteiger partial charge in [0, 0.05) is 22.1 Å². The quantitative estimate of drug-likeness (QED) is 0.181. The van der Waals surface area contributed by atoms with Crippen molar-refractivity contribution in [3.63, 3.8) is 0 Å². The van der Waals surface area contributed by atoms with Gasteiger partial charge in [0.25, 0.3) is 0 Å². The molecule has 0 N–H and O–H groups in total. The van der Waals surface area contributed by atoms with Crippen molar-refractivity contribution in [2.75, 3.05) is 0 Å². The van der Waals surface area contributed by atoms with Crippen LogP contribution in [0, 0.1) is 5.82 Å². The van der Waals surface area contributed by atoms with Gasteiger partial charge in [0.15, 0.2) is 0 Å². The van der Waals surface area contributed by atoms with E-state index in [4.69, 9.17) is 5.10 Å². The van der Waals surface area contributed by atoms with E-state index in [-0.39, 0.29) is 5.82 Å². The number of aromatic nitrogens is 2. The number of hydrogen-bond acceptors (Lipinski definition) is 1. The first-order valence-electron chi connectivity index (χ1n) is 16.2. The summed E-state index contributed by atoms with van der Waals surface area (Å²) in [5, 5.41) is 16.7. The summed E-state index contributed by atoms with van der Waals surface area (Å²) in [6, 6.07) is 56.5. The molecule has 10 aromatic rings. The minimum atomic E-state index is -0.272. The Labute approximate surface area is 275 Å². The summed E-state index contributed by atoms with van der Waals surface area (Å²) in [6.45, 7) is 0. The van der Waals surface area contributed by atoms with E-state index in [0.717, 1.165) is 60.7 Å². The van der Waals surface area contributed by atoms with Crippen molar-refractivity contribution in [2.45, 2.75) is 0 Å². The van der Waals surface area contributed by atoms with Crippen molar-refractivity contribution in [1.29, 1.82) is 0 Å². The van der Waals surface area contributed by atoms with Crippen LogP contribution >= 0.6 is 0 Å². The fourth-order valence-corrected chi connectivity index (χ4v) is 7.67. The van der Waals surface area contributed by atoms with Crippen LogP contribution < -0.4 is 0 Å². The summed E-state index contributed by atoms with van der Waals surface area (Å²) < 4.78 is 17.2. The highest BCUT2D eigenvalue weighted by atomic mass is 19.1. The molecule has 0 aliphatic carbocycles. The zero-order valence-corrected chi connectivity index (χ0v) is 25.9. The van der Waals surface area contributed by atoms with Gasteiger partial charge in [0.2, 0.25) is 0 Å². The number of hydrogen-bond donors (Lipinski definition) is 0. The molecule has 10 rings (SSSR count). The average molecular weight is 615 g/mol. The third-order valence-electron chi connectivity index (χ3n) is 9.84. The molecule has 2 heterocycles. The van der Waals surface area contributed by atoms with Gasteiger partial charge >= 0.3 is 0 Å². The first-order valence-corrected chi connectivity index (χ1v) is 16.2. The molecule has 0 saturated carbocycles. The highest BCUT2D eigenvalue weighted by molar-refractivity contribution is 6.19. The molecule has 0 fully saturated rings. The van der Waals surface area contributed by atoms with Gasteiger partial charge in [0.05, 0.1) is 11.2 Å². The van der Waals surface area contributed by atoms with E-state index in [2.05, 4.69) is 127 Å². The minimum Gasteiger partial charge on any atom is -0.231 e. The number of halogens is 1. The lowest BCUT2D eigenvalue weighted by Crippen LogP contribution is -1.96. The number of rotatable bonds is 3. The van der Waals surface area contributed by atoms with Gasteiger partial charge in [-0.05, 0) is 72.2 Å². The molecule has 0 aliphatic heterocycles. The lowest BCUT2D eigenvalue weighted by Gasteiger charge is -2.14. The molecule has 224 valence electrons. The Balaban J connectivity index is 1.42. The monoisotopic (exact) mass is 614 g/mol. The molecule has 0 aliphatic rings. The Bertz CT molecular complexity index is 2900. The summed E-state index contributed by atoms with van der Waals surface area (Å²) in [4.78, 5) is 0. The maximum atomic E-state index is 15.2. The molecular formula is C45H27FN2. The Hall–Kier alpha value is -6.32. The maximum absolute atomic E-state index is 15.2. The van der Waals surface area contributed by atoms with Crippen LogP contribution in [0.4, 0.5) is 4.39 Å². The van der Waals surface area contributed by atoms with Gasteiger partial charge in [-0.25, -0.2) is 8.91 Å².